The van der Waals surface area contributed by atoms with Crippen LogP contribution in [-0.2, 0) is 11.2 Å². The topological polar surface area (TPSA) is 23.6 Å². The second-order valence-corrected chi connectivity index (χ2v) is 7.24. The third-order valence-corrected chi connectivity index (χ3v) is 5.34. The molecule has 0 N–H and O–H groups in total. The highest BCUT2D eigenvalue weighted by Crippen LogP contribution is 2.20. The molecule has 24 heavy (non-hydrogen) atoms. The summed E-state index contributed by atoms with van der Waals surface area (Å²) in [7, 11) is 0. The lowest BCUT2D eigenvalue weighted by molar-refractivity contribution is -0.132. The summed E-state index contributed by atoms with van der Waals surface area (Å²) >= 11 is 0. The molecule has 0 atom stereocenters. The quantitative estimate of drug-likeness (QED) is 0.772. The number of allylic oxidation sites excluding steroid dienone is 1. The van der Waals surface area contributed by atoms with E-state index in [2.05, 4.69) is 42.2 Å². The molecule has 3 rings (SSSR count). The summed E-state index contributed by atoms with van der Waals surface area (Å²) in [5, 5.41) is 0. The largest absolute Gasteiger partial charge is 0.340 e. The molecule has 3 nitrogen and oxygen atoms in total. The molecule has 0 radical (unpaired) electrons. The lowest BCUT2D eigenvalue weighted by Gasteiger charge is -2.35. The van der Waals surface area contributed by atoms with Crippen LogP contribution in [0.5, 0.6) is 0 Å². The molecule has 1 aliphatic carbocycles. The first-order valence-corrected chi connectivity index (χ1v) is 9.44. The number of hydrogen-bond acceptors (Lipinski definition) is 2. The number of rotatable bonds is 5. The van der Waals surface area contributed by atoms with E-state index in [0.717, 1.165) is 38.3 Å². The van der Waals surface area contributed by atoms with Crippen LogP contribution in [0.25, 0.3) is 0 Å². The SMILES string of the molecule is Cc1ccc(CC(=O)N2CCN(CCC3=CCCCC3)CC2)cc1. The van der Waals surface area contributed by atoms with Gasteiger partial charge in [0, 0.05) is 32.7 Å². The average Bonchev–Trinajstić information content (AvgIpc) is 2.63. The van der Waals surface area contributed by atoms with E-state index in [4.69, 9.17) is 0 Å². The van der Waals surface area contributed by atoms with Gasteiger partial charge in [-0.15, -0.1) is 0 Å². The van der Waals surface area contributed by atoms with Crippen LogP contribution in [0.15, 0.2) is 35.9 Å². The molecule has 3 heteroatoms. The van der Waals surface area contributed by atoms with Crippen LogP contribution in [0.2, 0.25) is 0 Å². The van der Waals surface area contributed by atoms with Crippen LogP contribution >= 0.6 is 0 Å². The fourth-order valence-electron chi connectivity index (χ4n) is 3.65. The lowest BCUT2D eigenvalue weighted by Crippen LogP contribution is -2.49. The lowest BCUT2D eigenvalue weighted by atomic mass is 9.97. The highest BCUT2D eigenvalue weighted by atomic mass is 16.2. The van der Waals surface area contributed by atoms with Gasteiger partial charge in [0.1, 0.15) is 0 Å². The van der Waals surface area contributed by atoms with Crippen molar-refractivity contribution in [1.82, 2.24) is 9.80 Å². The Kier molecular flexibility index (Phi) is 6.08. The third-order valence-electron chi connectivity index (χ3n) is 5.34. The third kappa shape index (κ3) is 4.94. The molecule has 0 saturated carbocycles. The van der Waals surface area contributed by atoms with E-state index >= 15 is 0 Å². The van der Waals surface area contributed by atoms with Crippen LogP contribution < -0.4 is 0 Å². The van der Waals surface area contributed by atoms with Gasteiger partial charge in [-0.2, -0.15) is 0 Å². The molecule has 1 fully saturated rings. The molecule has 0 spiro atoms. The van der Waals surface area contributed by atoms with Crippen molar-refractivity contribution in [2.75, 3.05) is 32.7 Å². The summed E-state index contributed by atoms with van der Waals surface area (Å²) in [6, 6.07) is 8.31. The van der Waals surface area contributed by atoms with Gasteiger partial charge in [-0.1, -0.05) is 41.5 Å². The van der Waals surface area contributed by atoms with Gasteiger partial charge in [0.2, 0.25) is 5.91 Å². The number of benzene rings is 1. The van der Waals surface area contributed by atoms with E-state index < -0.39 is 0 Å². The van der Waals surface area contributed by atoms with Gasteiger partial charge in [0.05, 0.1) is 6.42 Å². The molecule has 1 amide bonds. The van der Waals surface area contributed by atoms with Gasteiger partial charge >= 0.3 is 0 Å². The number of hydrogen-bond donors (Lipinski definition) is 0. The Balaban J connectivity index is 1.40. The Hall–Kier alpha value is -1.61. The average molecular weight is 326 g/mol. The Morgan fingerprint density at radius 3 is 2.46 bits per heavy atom. The summed E-state index contributed by atoms with van der Waals surface area (Å²) in [6.45, 7) is 7.04. The number of aryl methyl sites for hydroxylation is 1. The first-order chi connectivity index (χ1) is 11.7. The van der Waals surface area contributed by atoms with Crippen LogP contribution in [-0.4, -0.2) is 48.4 Å². The Labute approximate surface area is 146 Å². The van der Waals surface area contributed by atoms with Crippen molar-refractivity contribution < 1.29 is 4.79 Å². The van der Waals surface area contributed by atoms with Crippen molar-refractivity contribution >= 4 is 5.91 Å². The molecule has 1 aromatic carbocycles. The van der Waals surface area contributed by atoms with Gasteiger partial charge in [-0.05, 0) is 44.6 Å². The maximum absolute atomic E-state index is 12.5. The van der Waals surface area contributed by atoms with E-state index in [1.165, 1.54) is 37.7 Å². The van der Waals surface area contributed by atoms with Gasteiger partial charge in [-0.3, -0.25) is 9.69 Å². The minimum Gasteiger partial charge on any atom is -0.340 e. The smallest absolute Gasteiger partial charge is 0.227 e. The number of carbonyl (C=O) groups excluding carboxylic acids is 1. The Morgan fingerprint density at radius 2 is 1.79 bits per heavy atom. The van der Waals surface area contributed by atoms with E-state index in [1.807, 2.05) is 4.90 Å². The van der Waals surface area contributed by atoms with E-state index in [1.54, 1.807) is 5.57 Å². The monoisotopic (exact) mass is 326 g/mol. The van der Waals surface area contributed by atoms with Gasteiger partial charge in [-0.25, -0.2) is 0 Å². The molecule has 0 unspecified atom stereocenters. The Bertz CT molecular complexity index is 568. The molecule has 1 heterocycles. The molecule has 2 aliphatic rings. The van der Waals surface area contributed by atoms with Gasteiger partial charge in [0.25, 0.3) is 0 Å². The fraction of sp³-hybridized carbons (Fsp3) is 0.571. The van der Waals surface area contributed by atoms with Gasteiger partial charge in [0.15, 0.2) is 0 Å². The molecule has 1 saturated heterocycles. The minimum absolute atomic E-state index is 0.272. The number of nitrogens with zero attached hydrogens (tertiary/aromatic N) is 2. The molecule has 0 bridgehead atoms. The predicted octanol–water partition coefficient (Wildman–Crippen LogP) is 3.57. The predicted molar refractivity (Wildman–Crippen MR) is 99.1 cm³/mol. The Morgan fingerprint density at radius 1 is 1.04 bits per heavy atom. The summed E-state index contributed by atoms with van der Waals surface area (Å²) < 4.78 is 0. The van der Waals surface area contributed by atoms with Crippen LogP contribution in [0.1, 0.15) is 43.2 Å². The molecule has 0 aromatic heterocycles. The highest BCUT2D eigenvalue weighted by Gasteiger charge is 2.21. The standard InChI is InChI=1S/C21H30N2O/c1-18-7-9-20(10-8-18)17-21(24)23-15-13-22(14-16-23)12-11-19-5-3-2-4-6-19/h5,7-10H,2-4,6,11-17H2,1H3. The number of carbonyl (C=O) groups is 1. The van der Waals surface area contributed by atoms with Crippen molar-refractivity contribution in [3.63, 3.8) is 0 Å². The first kappa shape index (κ1) is 17.2. The molecular formula is C21H30N2O. The number of amides is 1. The molecule has 130 valence electrons. The van der Waals surface area contributed by atoms with E-state index in [-0.39, 0.29) is 5.91 Å². The summed E-state index contributed by atoms with van der Waals surface area (Å²) in [5.74, 6) is 0.272. The zero-order valence-electron chi connectivity index (χ0n) is 15.0. The minimum atomic E-state index is 0.272. The van der Waals surface area contributed by atoms with Crippen molar-refractivity contribution in [3.05, 3.63) is 47.0 Å². The zero-order valence-corrected chi connectivity index (χ0v) is 15.0. The first-order valence-electron chi connectivity index (χ1n) is 9.44. The second kappa shape index (κ2) is 8.48. The number of piperazine rings is 1. The summed E-state index contributed by atoms with van der Waals surface area (Å²) in [6.07, 6.45) is 9.51. The van der Waals surface area contributed by atoms with Crippen molar-refractivity contribution in [3.8, 4) is 0 Å². The normalized spacial score (nSPS) is 19.2. The molecular weight excluding hydrogens is 296 g/mol. The maximum atomic E-state index is 12.5. The second-order valence-electron chi connectivity index (χ2n) is 7.24. The molecule has 1 aliphatic heterocycles. The van der Waals surface area contributed by atoms with E-state index in [9.17, 15) is 4.79 Å². The maximum Gasteiger partial charge on any atom is 0.227 e. The fourth-order valence-corrected chi connectivity index (χ4v) is 3.65. The van der Waals surface area contributed by atoms with Crippen molar-refractivity contribution in [2.24, 2.45) is 0 Å². The van der Waals surface area contributed by atoms with Crippen LogP contribution in [0.4, 0.5) is 0 Å². The summed E-state index contributed by atoms with van der Waals surface area (Å²) in [5.41, 5.74) is 4.02. The van der Waals surface area contributed by atoms with Gasteiger partial charge < -0.3 is 4.90 Å². The van der Waals surface area contributed by atoms with Crippen LogP contribution in [0.3, 0.4) is 0 Å². The van der Waals surface area contributed by atoms with Crippen molar-refractivity contribution in [1.29, 1.82) is 0 Å². The van der Waals surface area contributed by atoms with Crippen molar-refractivity contribution in [2.45, 2.75) is 45.4 Å². The highest BCUT2D eigenvalue weighted by molar-refractivity contribution is 5.78. The zero-order chi connectivity index (χ0) is 16.8. The summed E-state index contributed by atoms with van der Waals surface area (Å²) in [4.78, 5) is 17.0. The van der Waals surface area contributed by atoms with Crippen LogP contribution in [0, 0.1) is 6.92 Å². The molecule has 1 aromatic rings. The van der Waals surface area contributed by atoms with E-state index in [0.29, 0.717) is 6.42 Å².